The SMILES string of the molecule is Cc1noc(CCCC(=O)Nc2ccc(F)cc2C)n1. The van der Waals surface area contributed by atoms with Crippen LogP contribution >= 0.6 is 0 Å². The number of carbonyl (C=O) groups is 1. The lowest BCUT2D eigenvalue weighted by atomic mass is 10.2. The van der Waals surface area contributed by atoms with Gasteiger partial charge in [-0.1, -0.05) is 5.16 Å². The van der Waals surface area contributed by atoms with Crippen molar-refractivity contribution in [2.24, 2.45) is 0 Å². The van der Waals surface area contributed by atoms with E-state index in [0.717, 1.165) is 0 Å². The number of halogens is 1. The molecule has 0 aliphatic rings. The fourth-order valence-electron chi connectivity index (χ4n) is 1.82. The van der Waals surface area contributed by atoms with Gasteiger partial charge in [0.1, 0.15) is 5.82 Å². The van der Waals surface area contributed by atoms with Gasteiger partial charge in [-0.05, 0) is 44.0 Å². The van der Waals surface area contributed by atoms with E-state index in [0.29, 0.717) is 42.2 Å². The quantitative estimate of drug-likeness (QED) is 0.912. The van der Waals surface area contributed by atoms with E-state index in [4.69, 9.17) is 4.52 Å². The molecule has 1 aromatic heterocycles. The number of nitrogens with one attached hydrogen (secondary N) is 1. The first-order chi connectivity index (χ1) is 9.54. The molecule has 6 heteroatoms. The molecular formula is C14H16FN3O2. The van der Waals surface area contributed by atoms with E-state index >= 15 is 0 Å². The number of nitrogens with zero attached hydrogens (tertiary/aromatic N) is 2. The summed E-state index contributed by atoms with van der Waals surface area (Å²) in [6.07, 6.45) is 1.53. The maximum Gasteiger partial charge on any atom is 0.226 e. The molecule has 0 spiro atoms. The molecule has 0 saturated carbocycles. The van der Waals surface area contributed by atoms with Crippen molar-refractivity contribution in [2.75, 3.05) is 5.32 Å². The molecule has 1 aromatic carbocycles. The molecule has 0 unspecified atom stereocenters. The van der Waals surface area contributed by atoms with E-state index in [2.05, 4.69) is 15.5 Å². The Morgan fingerprint density at radius 1 is 1.40 bits per heavy atom. The van der Waals surface area contributed by atoms with Crippen molar-refractivity contribution in [3.8, 4) is 0 Å². The highest BCUT2D eigenvalue weighted by atomic mass is 19.1. The zero-order valence-electron chi connectivity index (χ0n) is 11.4. The second-order valence-corrected chi connectivity index (χ2v) is 4.60. The fraction of sp³-hybridized carbons (Fsp3) is 0.357. The number of hydrogen-bond donors (Lipinski definition) is 1. The average Bonchev–Trinajstić information content (AvgIpc) is 2.79. The Morgan fingerprint density at radius 3 is 2.85 bits per heavy atom. The first-order valence-corrected chi connectivity index (χ1v) is 6.40. The van der Waals surface area contributed by atoms with E-state index < -0.39 is 0 Å². The molecule has 106 valence electrons. The van der Waals surface area contributed by atoms with Gasteiger partial charge in [0.25, 0.3) is 0 Å². The van der Waals surface area contributed by atoms with E-state index in [1.807, 2.05) is 0 Å². The molecule has 2 aromatic rings. The molecule has 0 aliphatic carbocycles. The first kappa shape index (κ1) is 14.2. The van der Waals surface area contributed by atoms with Crippen LogP contribution in [0.25, 0.3) is 0 Å². The molecular weight excluding hydrogens is 261 g/mol. The molecule has 0 aliphatic heterocycles. The number of aromatic nitrogens is 2. The number of benzene rings is 1. The van der Waals surface area contributed by atoms with E-state index in [1.54, 1.807) is 19.9 Å². The van der Waals surface area contributed by atoms with Crippen LogP contribution in [-0.2, 0) is 11.2 Å². The van der Waals surface area contributed by atoms with Crippen molar-refractivity contribution in [1.82, 2.24) is 10.1 Å². The van der Waals surface area contributed by atoms with Crippen LogP contribution in [0.3, 0.4) is 0 Å². The van der Waals surface area contributed by atoms with Gasteiger partial charge in [-0.3, -0.25) is 4.79 Å². The van der Waals surface area contributed by atoms with Gasteiger partial charge in [-0.2, -0.15) is 4.98 Å². The average molecular weight is 277 g/mol. The Hall–Kier alpha value is -2.24. The van der Waals surface area contributed by atoms with Crippen molar-refractivity contribution < 1.29 is 13.7 Å². The zero-order valence-corrected chi connectivity index (χ0v) is 11.4. The lowest BCUT2D eigenvalue weighted by molar-refractivity contribution is -0.116. The Morgan fingerprint density at radius 2 is 2.20 bits per heavy atom. The summed E-state index contributed by atoms with van der Waals surface area (Å²) >= 11 is 0. The second-order valence-electron chi connectivity index (χ2n) is 4.60. The summed E-state index contributed by atoms with van der Waals surface area (Å²) in [7, 11) is 0. The van der Waals surface area contributed by atoms with Gasteiger partial charge in [0.05, 0.1) is 0 Å². The third kappa shape index (κ3) is 3.88. The third-order valence-electron chi connectivity index (χ3n) is 2.83. The van der Waals surface area contributed by atoms with E-state index in [1.165, 1.54) is 12.1 Å². The minimum Gasteiger partial charge on any atom is -0.339 e. The van der Waals surface area contributed by atoms with Crippen molar-refractivity contribution in [3.63, 3.8) is 0 Å². The Bertz CT molecular complexity index is 610. The summed E-state index contributed by atoms with van der Waals surface area (Å²) in [4.78, 5) is 15.8. The van der Waals surface area contributed by atoms with Crippen LogP contribution in [0, 0.1) is 19.7 Å². The van der Waals surface area contributed by atoms with Gasteiger partial charge in [-0.25, -0.2) is 4.39 Å². The molecule has 1 N–H and O–H groups in total. The number of aryl methyl sites for hydroxylation is 3. The summed E-state index contributed by atoms with van der Waals surface area (Å²) < 4.78 is 17.9. The molecule has 2 rings (SSSR count). The highest BCUT2D eigenvalue weighted by Crippen LogP contribution is 2.16. The highest BCUT2D eigenvalue weighted by molar-refractivity contribution is 5.91. The lowest BCUT2D eigenvalue weighted by Crippen LogP contribution is -2.12. The summed E-state index contributed by atoms with van der Waals surface area (Å²) in [6.45, 7) is 3.50. The van der Waals surface area contributed by atoms with Gasteiger partial charge in [0.2, 0.25) is 11.8 Å². The summed E-state index contributed by atoms with van der Waals surface area (Å²) in [5.74, 6) is 0.697. The van der Waals surface area contributed by atoms with Crippen molar-refractivity contribution in [2.45, 2.75) is 33.1 Å². The number of hydrogen-bond acceptors (Lipinski definition) is 4. The molecule has 20 heavy (non-hydrogen) atoms. The lowest BCUT2D eigenvalue weighted by Gasteiger charge is -2.07. The first-order valence-electron chi connectivity index (χ1n) is 6.40. The van der Waals surface area contributed by atoms with Crippen molar-refractivity contribution >= 4 is 11.6 Å². The molecule has 1 amide bonds. The van der Waals surface area contributed by atoms with Crippen LogP contribution in [0.2, 0.25) is 0 Å². The normalized spacial score (nSPS) is 10.6. The minimum atomic E-state index is -0.313. The molecule has 1 heterocycles. The van der Waals surface area contributed by atoms with Gasteiger partial charge in [0, 0.05) is 18.5 Å². The van der Waals surface area contributed by atoms with Crippen molar-refractivity contribution in [3.05, 3.63) is 41.3 Å². The number of rotatable bonds is 5. The predicted molar refractivity (Wildman–Crippen MR) is 71.7 cm³/mol. The Labute approximate surface area is 116 Å². The maximum atomic E-state index is 12.9. The van der Waals surface area contributed by atoms with Gasteiger partial charge < -0.3 is 9.84 Å². The molecule has 0 bridgehead atoms. The highest BCUT2D eigenvalue weighted by Gasteiger charge is 2.07. The molecule has 0 saturated heterocycles. The topological polar surface area (TPSA) is 68.0 Å². The second kappa shape index (κ2) is 6.27. The Kier molecular flexibility index (Phi) is 4.45. The predicted octanol–water partition coefficient (Wildman–Crippen LogP) is 2.79. The fourth-order valence-corrected chi connectivity index (χ4v) is 1.82. The molecule has 0 atom stereocenters. The van der Waals surface area contributed by atoms with Crippen molar-refractivity contribution in [1.29, 1.82) is 0 Å². The number of carbonyl (C=O) groups excluding carboxylic acids is 1. The van der Waals surface area contributed by atoms with E-state index in [-0.39, 0.29) is 11.7 Å². The monoisotopic (exact) mass is 277 g/mol. The van der Waals surface area contributed by atoms with Gasteiger partial charge in [0.15, 0.2) is 5.82 Å². The van der Waals surface area contributed by atoms with Crippen LogP contribution in [0.15, 0.2) is 22.7 Å². The molecule has 0 fully saturated rings. The van der Waals surface area contributed by atoms with Gasteiger partial charge >= 0.3 is 0 Å². The largest absolute Gasteiger partial charge is 0.339 e. The number of anilines is 1. The molecule has 0 radical (unpaired) electrons. The third-order valence-corrected chi connectivity index (χ3v) is 2.83. The standard InChI is InChI=1S/C14H16FN3O2/c1-9-8-11(15)6-7-12(9)17-13(19)4-3-5-14-16-10(2)18-20-14/h6-8H,3-5H2,1-2H3,(H,17,19). The summed E-state index contributed by atoms with van der Waals surface area (Å²) in [5, 5.41) is 6.44. The molecule has 5 nitrogen and oxygen atoms in total. The van der Waals surface area contributed by atoms with Crippen LogP contribution in [-0.4, -0.2) is 16.0 Å². The zero-order chi connectivity index (χ0) is 14.5. The van der Waals surface area contributed by atoms with E-state index in [9.17, 15) is 9.18 Å². The van der Waals surface area contributed by atoms with Crippen LogP contribution in [0.1, 0.15) is 30.1 Å². The summed E-state index contributed by atoms with van der Waals surface area (Å²) in [5.41, 5.74) is 1.33. The van der Waals surface area contributed by atoms with Crippen LogP contribution < -0.4 is 5.32 Å². The van der Waals surface area contributed by atoms with Crippen LogP contribution in [0.4, 0.5) is 10.1 Å². The number of amides is 1. The maximum absolute atomic E-state index is 12.9. The minimum absolute atomic E-state index is 0.115. The van der Waals surface area contributed by atoms with Crippen LogP contribution in [0.5, 0.6) is 0 Å². The van der Waals surface area contributed by atoms with Gasteiger partial charge in [-0.15, -0.1) is 0 Å². The Balaban J connectivity index is 1.80. The summed E-state index contributed by atoms with van der Waals surface area (Å²) in [6, 6.07) is 4.27. The smallest absolute Gasteiger partial charge is 0.226 e.